The van der Waals surface area contributed by atoms with Crippen molar-refractivity contribution in [3.8, 4) is 22.6 Å². The van der Waals surface area contributed by atoms with Gasteiger partial charge >= 0.3 is 0 Å². The Bertz CT molecular complexity index is 1360. The van der Waals surface area contributed by atoms with Crippen LogP contribution < -0.4 is 10.5 Å². The number of halogens is 1. The minimum Gasteiger partial charge on any atom is -0.457 e. The maximum absolute atomic E-state index is 13.1. The Hall–Kier alpha value is -3.97. The zero-order valence-electron chi connectivity index (χ0n) is 20.0. The van der Waals surface area contributed by atoms with Gasteiger partial charge < -0.3 is 15.0 Å². The number of Topliss-reactive ketones (excluding diaryl/α,β-unsaturated/α-hetero) is 1. The van der Waals surface area contributed by atoms with Gasteiger partial charge in [0, 0.05) is 11.6 Å². The zero-order valence-corrected chi connectivity index (χ0v) is 20.0. The number of rotatable bonds is 9. The molecule has 0 radical (unpaired) electrons. The maximum atomic E-state index is 13.1. The fourth-order valence-corrected chi connectivity index (χ4v) is 4.34. The molecule has 0 spiro atoms. The lowest BCUT2D eigenvalue weighted by atomic mass is 10.0. The Morgan fingerprint density at radius 3 is 2.09 bits per heavy atom. The van der Waals surface area contributed by atoms with E-state index in [-0.39, 0.29) is 12.0 Å². The summed E-state index contributed by atoms with van der Waals surface area (Å²) in [5, 5.41) is 0.678. The van der Waals surface area contributed by atoms with Crippen molar-refractivity contribution >= 4 is 22.6 Å². The highest BCUT2D eigenvalue weighted by Crippen LogP contribution is 2.32. The molecular weight excluding hydrogens is 445 g/mol. The highest BCUT2D eigenvalue weighted by atomic mass is 19.1. The summed E-state index contributed by atoms with van der Waals surface area (Å²) in [5.74, 6) is -0.852. The van der Waals surface area contributed by atoms with E-state index in [1.807, 2.05) is 47.0 Å². The van der Waals surface area contributed by atoms with Crippen LogP contribution in [-0.4, -0.2) is 34.2 Å². The monoisotopic (exact) mass is 473 g/mol. The topological polar surface area (TPSA) is 77.6 Å². The van der Waals surface area contributed by atoms with E-state index in [2.05, 4.69) is 25.7 Å². The third-order valence-corrected chi connectivity index (χ3v) is 6.28. The van der Waals surface area contributed by atoms with Crippen LogP contribution in [0.3, 0.4) is 0 Å². The molecule has 1 atom stereocenters. The van der Waals surface area contributed by atoms with Crippen molar-refractivity contribution in [3.05, 3.63) is 84.3 Å². The van der Waals surface area contributed by atoms with E-state index in [0.717, 1.165) is 29.7 Å². The SMILES string of the molecule is CCN(CC)C(C)n1cc(C(=O)C(N)=O)c2cc(-c3ccc(Oc4ccc(F)cc4)cc3)ccc21. The van der Waals surface area contributed by atoms with Crippen LogP contribution >= 0.6 is 0 Å². The van der Waals surface area contributed by atoms with Crippen LogP contribution in [0.4, 0.5) is 4.39 Å². The molecule has 4 aromatic rings. The molecule has 180 valence electrons. The van der Waals surface area contributed by atoms with Crippen molar-refractivity contribution in [2.75, 3.05) is 13.1 Å². The van der Waals surface area contributed by atoms with E-state index in [9.17, 15) is 14.0 Å². The zero-order chi connectivity index (χ0) is 25.1. The number of fused-ring (bicyclic) bond motifs is 1. The van der Waals surface area contributed by atoms with Gasteiger partial charge in [-0.1, -0.05) is 32.0 Å². The summed E-state index contributed by atoms with van der Waals surface area (Å²) in [5.41, 5.74) is 8.31. The summed E-state index contributed by atoms with van der Waals surface area (Å²) < 4.78 is 20.9. The second-order valence-corrected chi connectivity index (χ2v) is 8.31. The summed E-state index contributed by atoms with van der Waals surface area (Å²) in [7, 11) is 0. The molecule has 0 saturated heterocycles. The van der Waals surface area contributed by atoms with Crippen LogP contribution in [0.25, 0.3) is 22.0 Å². The third-order valence-electron chi connectivity index (χ3n) is 6.28. The van der Waals surface area contributed by atoms with Crippen LogP contribution in [0.15, 0.2) is 72.9 Å². The van der Waals surface area contributed by atoms with Gasteiger partial charge in [-0.05, 0) is 79.7 Å². The molecule has 2 N–H and O–H groups in total. The molecule has 7 heteroatoms. The Balaban J connectivity index is 1.71. The smallest absolute Gasteiger partial charge is 0.289 e. The molecular formula is C28H28FN3O3. The normalized spacial score (nSPS) is 12.1. The lowest BCUT2D eigenvalue weighted by Gasteiger charge is -2.28. The summed E-state index contributed by atoms with van der Waals surface area (Å²) in [6, 6.07) is 19.2. The maximum Gasteiger partial charge on any atom is 0.289 e. The molecule has 1 unspecified atom stereocenters. The van der Waals surface area contributed by atoms with Crippen LogP contribution in [0.5, 0.6) is 11.5 Å². The van der Waals surface area contributed by atoms with E-state index >= 15 is 0 Å². The largest absolute Gasteiger partial charge is 0.457 e. The number of primary amides is 1. The van der Waals surface area contributed by atoms with Crippen LogP contribution in [0.2, 0.25) is 0 Å². The molecule has 0 aliphatic rings. The fraction of sp³-hybridized carbons (Fsp3) is 0.214. The van der Waals surface area contributed by atoms with Crippen molar-refractivity contribution in [2.24, 2.45) is 5.73 Å². The first-order valence-corrected chi connectivity index (χ1v) is 11.6. The predicted molar refractivity (Wildman–Crippen MR) is 135 cm³/mol. The minimum atomic E-state index is -0.979. The van der Waals surface area contributed by atoms with Crippen LogP contribution in [0.1, 0.15) is 37.3 Å². The van der Waals surface area contributed by atoms with Crippen molar-refractivity contribution < 1.29 is 18.7 Å². The average Bonchev–Trinajstić information content (AvgIpc) is 3.25. The van der Waals surface area contributed by atoms with Crippen molar-refractivity contribution in [2.45, 2.75) is 26.9 Å². The van der Waals surface area contributed by atoms with Gasteiger partial charge in [0.05, 0.1) is 17.2 Å². The van der Waals surface area contributed by atoms with Gasteiger partial charge in [-0.3, -0.25) is 14.5 Å². The summed E-state index contributed by atoms with van der Waals surface area (Å²) >= 11 is 0. The Morgan fingerprint density at radius 2 is 1.51 bits per heavy atom. The standard InChI is InChI=1S/C28H28FN3O3/c1-4-31(5-2)18(3)32-17-25(27(33)28(30)34)24-16-20(8-15-26(24)32)19-6-11-22(12-7-19)35-23-13-9-21(29)10-14-23/h6-18H,4-5H2,1-3H3,(H2,30,34). The second kappa shape index (κ2) is 10.1. The first-order chi connectivity index (χ1) is 16.8. The first-order valence-electron chi connectivity index (χ1n) is 11.6. The number of carbonyl (C=O) groups is 2. The second-order valence-electron chi connectivity index (χ2n) is 8.31. The Morgan fingerprint density at radius 1 is 0.943 bits per heavy atom. The lowest BCUT2D eigenvalue weighted by Crippen LogP contribution is -2.30. The molecule has 6 nitrogen and oxygen atoms in total. The van der Waals surface area contributed by atoms with E-state index in [0.29, 0.717) is 22.4 Å². The summed E-state index contributed by atoms with van der Waals surface area (Å²) in [4.78, 5) is 26.7. The van der Waals surface area contributed by atoms with Crippen molar-refractivity contribution in [3.63, 3.8) is 0 Å². The molecule has 0 aliphatic heterocycles. The molecule has 1 aromatic heterocycles. The van der Waals surface area contributed by atoms with Gasteiger partial charge in [-0.25, -0.2) is 4.39 Å². The van der Waals surface area contributed by atoms with Crippen molar-refractivity contribution in [1.82, 2.24) is 9.47 Å². The van der Waals surface area contributed by atoms with E-state index < -0.39 is 11.7 Å². The Labute approximate surface area is 203 Å². The summed E-state index contributed by atoms with van der Waals surface area (Å²) in [6.07, 6.45) is 1.72. The quantitative estimate of drug-likeness (QED) is 0.247. The number of ketones is 1. The first kappa shape index (κ1) is 24.2. The van der Waals surface area contributed by atoms with Gasteiger partial charge in [0.25, 0.3) is 11.7 Å². The summed E-state index contributed by atoms with van der Waals surface area (Å²) in [6.45, 7) is 7.94. The number of hydrogen-bond donors (Lipinski definition) is 1. The highest BCUT2D eigenvalue weighted by molar-refractivity contribution is 6.44. The number of amides is 1. The van der Waals surface area contributed by atoms with E-state index in [1.165, 1.54) is 12.1 Å². The molecule has 0 aliphatic carbocycles. The molecule has 0 bridgehead atoms. The van der Waals surface area contributed by atoms with Gasteiger partial charge in [0.1, 0.15) is 17.3 Å². The van der Waals surface area contributed by atoms with Gasteiger partial charge in [-0.2, -0.15) is 0 Å². The number of aromatic nitrogens is 1. The number of carbonyl (C=O) groups excluding carboxylic acids is 2. The number of benzene rings is 3. The fourth-order valence-electron chi connectivity index (χ4n) is 4.34. The molecule has 1 heterocycles. The molecule has 35 heavy (non-hydrogen) atoms. The average molecular weight is 474 g/mol. The molecule has 4 rings (SSSR count). The van der Waals surface area contributed by atoms with E-state index in [1.54, 1.807) is 18.3 Å². The molecule has 0 saturated carbocycles. The van der Waals surface area contributed by atoms with Crippen LogP contribution in [0, 0.1) is 5.82 Å². The lowest BCUT2D eigenvalue weighted by molar-refractivity contribution is -0.114. The predicted octanol–water partition coefficient (Wildman–Crippen LogP) is 5.77. The van der Waals surface area contributed by atoms with Gasteiger partial charge in [0.2, 0.25) is 0 Å². The molecule has 3 aromatic carbocycles. The van der Waals surface area contributed by atoms with Gasteiger partial charge in [0.15, 0.2) is 0 Å². The number of nitrogens with zero attached hydrogens (tertiary/aromatic N) is 2. The third kappa shape index (κ3) is 4.95. The number of nitrogens with two attached hydrogens (primary N) is 1. The van der Waals surface area contributed by atoms with Crippen molar-refractivity contribution in [1.29, 1.82) is 0 Å². The minimum absolute atomic E-state index is 0.00401. The Kier molecular flexibility index (Phi) is 6.98. The molecule has 0 fully saturated rings. The number of ether oxygens (including phenoxy) is 1. The van der Waals surface area contributed by atoms with Crippen LogP contribution in [-0.2, 0) is 4.79 Å². The highest BCUT2D eigenvalue weighted by Gasteiger charge is 2.23. The van der Waals surface area contributed by atoms with Gasteiger partial charge in [-0.15, -0.1) is 0 Å². The molecule has 1 amide bonds. The number of hydrogen-bond acceptors (Lipinski definition) is 4. The van der Waals surface area contributed by atoms with E-state index in [4.69, 9.17) is 10.5 Å².